The van der Waals surface area contributed by atoms with E-state index < -0.39 is 8.07 Å². The molecule has 0 saturated carbocycles. The van der Waals surface area contributed by atoms with Gasteiger partial charge in [0, 0.05) is 14.1 Å². The molecule has 1 aromatic rings. The number of hydrogen-bond acceptors (Lipinski definition) is 2. The van der Waals surface area contributed by atoms with Crippen molar-refractivity contribution in [1.29, 1.82) is 0 Å². The van der Waals surface area contributed by atoms with Gasteiger partial charge in [-0.15, -0.1) is 0 Å². The van der Waals surface area contributed by atoms with E-state index in [0.717, 1.165) is 5.75 Å². The zero-order chi connectivity index (χ0) is 12.3. The first-order valence-electron chi connectivity index (χ1n) is 5.30. The lowest BCUT2D eigenvalue weighted by Gasteiger charge is -2.18. The zero-order valence-corrected chi connectivity index (χ0v) is 12.4. The van der Waals surface area contributed by atoms with Gasteiger partial charge in [-0.1, -0.05) is 37.0 Å². The van der Waals surface area contributed by atoms with Gasteiger partial charge < -0.3 is 9.64 Å². The Labute approximate surface area is 104 Å². The van der Waals surface area contributed by atoms with Crippen molar-refractivity contribution in [1.82, 2.24) is 4.90 Å². The predicted octanol–water partition coefficient (Wildman–Crippen LogP) is 2.46. The van der Waals surface area contributed by atoms with E-state index in [4.69, 9.17) is 17.0 Å². The normalized spacial score (nSPS) is 11.1. The van der Waals surface area contributed by atoms with Crippen LogP contribution in [0.2, 0.25) is 19.6 Å². The Balaban J connectivity index is 2.76. The summed E-state index contributed by atoms with van der Waals surface area (Å²) in [5.74, 6) is 0.806. The zero-order valence-electron chi connectivity index (χ0n) is 10.6. The van der Waals surface area contributed by atoms with Crippen molar-refractivity contribution >= 4 is 30.7 Å². The molecule has 0 aliphatic carbocycles. The molecule has 0 unspecified atom stereocenters. The summed E-state index contributed by atoms with van der Waals surface area (Å²) >= 11 is 5.08. The van der Waals surface area contributed by atoms with Crippen LogP contribution >= 0.6 is 12.2 Å². The van der Waals surface area contributed by atoms with Gasteiger partial charge in [0.05, 0.1) is 8.07 Å². The number of benzene rings is 1. The summed E-state index contributed by atoms with van der Waals surface area (Å²) in [4.78, 5) is 1.78. The molecule has 2 nitrogen and oxygen atoms in total. The molecule has 0 aliphatic heterocycles. The highest BCUT2D eigenvalue weighted by molar-refractivity contribution is 7.80. The van der Waals surface area contributed by atoms with Gasteiger partial charge in [-0.05, 0) is 24.4 Å². The highest BCUT2D eigenvalue weighted by atomic mass is 32.1. The summed E-state index contributed by atoms with van der Waals surface area (Å²) in [5, 5.41) is 1.91. The Morgan fingerprint density at radius 2 is 1.62 bits per heavy atom. The lowest BCUT2D eigenvalue weighted by atomic mass is 10.3. The van der Waals surface area contributed by atoms with Crippen molar-refractivity contribution < 1.29 is 4.74 Å². The molecular weight excluding hydrogens is 234 g/mol. The maximum Gasteiger partial charge on any atom is 0.264 e. The highest BCUT2D eigenvalue weighted by Crippen LogP contribution is 2.11. The second-order valence-corrected chi connectivity index (χ2v) is 10.5. The minimum Gasteiger partial charge on any atom is -0.432 e. The molecule has 0 N–H and O–H groups in total. The van der Waals surface area contributed by atoms with Gasteiger partial charge in [-0.25, -0.2) is 0 Å². The number of rotatable bonds is 2. The molecule has 0 aliphatic rings. The first kappa shape index (κ1) is 13.2. The largest absolute Gasteiger partial charge is 0.432 e. The lowest BCUT2D eigenvalue weighted by Crippen LogP contribution is -2.37. The van der Waals surface area contributed by atoms with E-state index in [1.165, 1.54) is 5.19 Å². The Hall–Kier alpha value is -0.873. The van der Waals surface area contributed by atoms with Crippen LogP contribution in [0.3, 0.4) is 0 Å². The molecule has 0 fully saturated rings. The first-order chi connectivity index (χ1) is 7.30. The third-order valence-electron chi connectivity index (χ3n) is 2.29. The fourth-order valence-corrected chi connectivity index (χ4v) is 2.48. The Bertz CT molecular complexity index is 368. The van der Waals surface area contributed by atoms with Crippen LogP contribution in [0.5, 0.6) is 5.75 Å². The van der Waals surface area contributed by atoms with Crippen molar-refractivity contribution in [3.8, 4) is 5.75 Å². The van der Waals surface area contributed by atoms with Crippen molar-refractivity contribution in [3.63, 3.8) is 0 Å². The molecule has 0 aromatic heterocycles. The molecular formula is C12H19NOSSi. The molecule has 88 valence electrons. The standard InChI is InChI=1S/C12H19NOSSi/c1-13(2)12(15)14-10-6-8-11(9-7-10)16(3,4)5/h6-9H,1-5H3. The van der Waals surface area contributed by atoms with Gasteiger partial charge in [0.1, 0.15) is 5.75 Å². The maximum atomic E-state index is 5.52. The van der Waals surface area contributed by atoms with Crippen molar-refractivity contribution in [2.45, 2.75) is 19.6 Å². The molecule has 0 heterocycles. The van der Waals surface area contributed by atoms with Crippen LogP contribution in [0, 0.1) is 0 Å². The molecule has 0 amide bonds. The van der Waals surface area contributed by atoms with Crippen molar-refractivity contribution in [2.24, 2.45) is 0 Å². The molecule has 0 radical (unpaired) electrons. The molecule has 1 rings (SSSR count). The number of nitrogens with zero attached hydrogens (tertiary/aromatic N) is 1. The molecule has 0 bridgehead atoms. The summed E-state index contributed by atoms with van der Waals surface area (Å²) in [6.45, 7) is 6.98. The van der Waals surface area contributed by atoms with Crippen LogP contribution in [-0.2, 0) is 0 Å². The SMILES string of the molecule is CN(C)C(=S)Oc1ccc([Si](C)(C)C)cc1. The van der Waals surface area contributed by atoms with Crippen molar-refractivity contribution in [3.05, 3.63) is 24.3 Å². The fourth-order valence-electron chi connectivity index (χ4n) is 1.22. The second kappa shape index (κ2) is 4.97. The number of ether oxygens (including phenoxy) is 1. The number of hydrogen-bond donors (Lipinski definition) is 0. The Morgan fingerprint density at radius 3 is 2.00 bits per heavy atom. The van der Waals surface area contributed by atoms with E-state index in [1.807, 2.05) is 26.2 Å². The summed E-state index contributed by atoms with van der Waals surface area (Å²) in [6, 6.07) is 8.26. The number of thiocarbonyl (C=S) groups is 1. The Kier molecular flexibility index (Phi) is 4.10. The van der Waals surface area contributed by atoms with Gasteiger partial charge >= 0.3 is 0 Å². The fraction of sp³-hybridized carbons (Fsp3) is 0.417. The van der Waals surface area contributed by atoms with Crippen LogP contribution in [0.15, 0.2) is 24.3 Å². The highest BCUT2D eigenvalue weighted by Gasteiger charge is 2.15. The third-order valence-corrected chi connectivity index (χ3v) is 4.80. The van der Waals surface area contributed by atoms with E-state index in [0.29, 0.717) is 5.17 Å². The third kappa shape index (κ3) is 3.61. The van der Waals surface area contributed by atoms with Gasteiger partial charge in [0.15, 0.2) is 0 Å². The van der Waals surface area contributed by atoms with Gasteiger partial charge in [-0.3, -0.25) is 0 Å². The maximum absolute atomic E-state index is 5.52. The lowest BCUT2D eigenvalue weighted by molar-refractivity contribution is 0.449. The molecule has 16 heavy (non-hydrogen) atoms. The molecule has 4 heteroatoms. The molecule has 0 spiro atoms. The van der Waals surface area contributed by atoms with Gasteiger partial charge in [-0.2, -0.15) is 0 Å². The summed E-state index contributed by atoms with van der Waals surface area (Å²) in [7, 11) is 2.53. The second-order valence-electron chi connectivity index (χ2n) is 5.04. The van der Waals surface area contributed by atoms with E-state index in [1.54, 1.807) is 4.90 Å². The van der Waals surface area contributed by atoms with Crippen LogP contribution in [0.4, 0.5) is 0 Å². The van der Waals surface area contributed by atoms with E-state index in [-0.39, 0.29) is 0 Å². The average molecular weight is 253 g/mol. The van der Waals surface area contributed by atoms with E-state index in [2.05, 4.69) is 31.8 Å². The first-order valence-corrected chi connectivity index (χ1v) is 9.21. The smallest absolute Gasteiger partial charge is 0.264 e. The minimum atomic E-state index is -1.22. The monoisotopic (exact) mass is 253 g/mol. The topological polar surface area (TPSA) is 12.5 Å². The van der Waals surface area contributed by atoms with E-state index >= 15 is 0 Å². The van der Waals surface area contributed by atoms with E-state index in [9.17, 15) is 0 Å². The summed E-state index contributed by atoms with van der Waals surface area (Å²) in [5.41, 5.74) is 0. The van der Waals surface area contributed by atoms with Crippen LogP contribution in [0.1, 0.15) is 0 Å². The van der Waals surface area contributed by atoms with Crippen LogP contribution in [0.25, 0.3) is 0 Å². The molecule has 0 saturated heterocycles. The quantitative estimate of drug-likeness (QED) is 0.593. The van der Waals surface area contributed by atoms with Crippen molar-refractivity contribution in [2.75, 3.05) is 14.1 Å². The van der Waals surface area contributed by atoms with Gasteiger partial charge in [0.25, 0.3) is 5.17 Å². The average Bonchev–Trinajstić information content (AvgIpc) is 2.17. The summed E-state index contributed by atoms with van der Waals surface area (Å²) in [6.07, 6.45) is 0. The summed E-state index contributed by atoms with van der Waals surface area (Å²) < 4.78 is 5.52. The Morgan fingerprint density at radius 1 is 1.12 bits per heavy atom. The van der Waals surface area contributed by atoms with Crippen LogP contribution < -0.4 is 9.92 Å². The molecule has 1 aromatic carbocycles. The van der Waals surface area contributed by atoms with Crippen LogP contribution in [-0.4, -0.2) is 32.2 Å². The molecule has 0 atom stereocenters. The predicted molar refractivity (Wildman–Crippen MR) is 76.3 cm³/mol. The van der Waals surface area contributed by atoms with Gasteiger partial charge in [0.2, 0.25) is 0 Å². The minimum absolute atomic E-state index is 0.487.